The lowest BCUT2D eigenvalue weighted by Gasteiger charge is -2.26. The molecule has 0 spiro atoms. The quantitative estimate of drug-likeness (QED) is 0.776. The van der Waals surface area contributed by atoms with Gasteiger partial charge in [0.1, 0.15) is 11.4 Å². The molecule has 0 amide bonds. The predicted molar refractivity (Wildman–Crippen MR) is 73.2 cm³/mol. The predicted octanol–water partition coefficient (Wildman–Crippen LogP) is 1.57. The maximum Gasteiger partial charge on any atom is 0.341 e. The van der Waals surface area contributed by atoms with Crippen LogP contribution in [0.4, 0.5) is 10.1 Å². The number of aromatic nitrogens is 1. The first kappa shape index (κ1) is 13.3. The fourth-order valence-corrected chi connectivity index (χ4v) is 2.75. The van der Waals surface area contributed by atoms with E-state index in [9.17, 15) is 18.8 Å². The summed E-state index contributed by atoms with van der Waals surface area (Å²) < 4.78 is 15.4. The first-order chi connectivity index (χ1) is 9.82. The van der Waals surface area contributed by atoms with E-state index in [4.69, 9.17) is 10.8 Å². The van der Waals surface area contributed by atoms with Crippen LogP contribution in [-0.4, -0.2) is 21.4 Å². The van der Waals surface area contributed by atoms with Crippen LogP contribution >= 0.6 is 0 Å². The Morgan fingerprint density at radius 3 is 2.76 bits per heavy atom. The topological polar surface area (TPSA) is 102 Å². The molecular weight excluding hydrogens is 279 g/mol. The standard InChI is InChI=1S/C14H11FN2O4/c1-5-2-9(18)10-11(16)8(15)3-6-12(10)17(5)4-7(13(6)19)14(20)21/h3-5H,2,16H2,1H3,(H,20,21). The molecule has 2 aromatic rings. The Labute approximate surface area is 117 Å². The highest BCUT2D eigenvalue weighted by atomic mass is 19.1. The van der Waals surface area contributed by atoms with Crippen molar-refractivity contribution in [1.29, 1.82) is 0 Å². The van der Waals surface area contributed by atoms with Gasteiger partial charge in [0.25, 0.3) is 0 Å². The third kappa shape index (κ3) is 1.67. The van der Waals surface area contributed by atoms with E-state index < -0.39 is 22.8 Å². The van der Waals surface area contributed by atoms with E-state index in [0.29, 0.717) is 0 Å². The summed E-state index contributed by atoms with van der Waals surface area (Å²) in [7, 11) is 0. The van der Waals surface area contributed by atoms with Crippen LogP contribution in [0.15, 0.2) is 17.1 Å². The third-order valence-corrected chi connectivity index (χ3v) is 3.77. The molecule has 108 valence electrons. The number of nitrogens with zero attached hydrogens (tertiary/aromatic N) is 1. The highest BCUT2D eigenvalue weighted by Gasteiger charge is 2.30. The number of anilines is 1. The second kappa shape index (κ2) is 4.15. The van der Waals surface area contributed by atoms with Crippen molar-refractivity contribution < 1.29 is 19.1 Å². The number of benzene rings is 1. The smallest absolute Gasteiger partial charge is 0.341 e. The van der Waals surface area contributed by atoms with Crippen molar-refractivity contribution in [3.05, 3.63) is 39.4 Å². The highest BCUT2D eigenvalue weighted by Crippen LogP contribution is 2.34. The molecule has 1 aromatic heterocycles. The van der Waals surface area contributed by atoms with Gasteiger partial charge in [0, 0.05) is 18.7 Å². The molecule has 0 saturated heterocycles. The molecule has 7 heteroatoms. The van der Waals surface area contributed by atoms with Gasteiger partial charge in [-0.15, -0.1) is 0 Å². The number of carboxylic acids is 1. The number of carbonyl (C=O) groups is 2. The normalized spacial score (nSPS) is 17.2. The summed E-state index contributed by atoms with van der Waals surface area (Å²) >= 11 is 0. The van der Waals surface area contributed by atoms with Crippen LogP contribution in [0.2, 0.25) is 0 Å². The zero-order chi connectivity index (χ0) is 15.5. The van der Waals surface area contributed by atoms with E-state index in [1.54, 1.807) is 6.92 Å². The molecule has 6 nitrogen and oxygen atoms in total. The monoisotopic (exact) mass is 290 g/mol. The zero-order valence-electron chi connectivity index (χ0n) is 11.0. The maximum absolute atomic E-state index is 13.9. The van der Waals surface area contributed by atoms with Crippen molar-refractivity contribution in [2.45, 2.75) is 19.4 Å². The van der Waals surface area contributed by atoms with Gasteiger partial charge in [-0.3, -0.25) is 9.59 Å². The van der Waals surface area contributed by atoms with Crippen molar-refractivity contribution in [2.24, 2.45) is 0 Å². The Kier molecular flexibility index (Phi) is 2.62. The lowest BCUT2D eigenvalue weighted by Crippen LogP contribution is -2.27. The number of aromatic carboxylic acids is 1. The second-order valence-corrected chi connectivity index (χ2v) is 5.10. The van der Waals surface area contributed by atoms with E-state index in [0.717, 1.165) is 6.07 Å². The van der Waals surface area contributed by atoms with Gasteiger partial charge in [-0.2, -0.15) is 0 Å². The molecule has 1 unspecified atom stereocenters. The average molecular weight is 290 g/mol. The van der Waals surface area contributed by atoms with Gasteiger partial charge in [0.2, 0.25) is 5.43 Å². The average Bonchev–Trinajstić information content (AvgIpc) is 2.40. The number of carbonyl (C=O) groups excluding carboxylic acids is 1. The number of pyridine rings is 1. The van der Waals surface area contributed by atoms with Gasteiger partial charge in [-0.05, 0) is 13.0 Å². The molecule has 1 aromatic carbocycles. The molecular formula is C14H11FN2O4. The second-order valence-electron chi connectivity index (χ2n) is 5.10. The molecule has 2 heterocycles. The van der Waals surface area contributed by atoms with Gasteiger partial charge >= 0.3 is 5.97 Å². The number of Topliss-reactive ketones (excluding diaryl/α,β-unsaturated/α-hetero) is 1. The Morgan fingerprint density at radius 1 is 1.48 bits per heavy atom. The number of hydrogen-bond donors (Lipinski definition) is 2. The van der Waals surface area contributed by atoms with Crippen LogP contribution < -0.4 is 11.2 Å². The Balaban J connectivity index is 2.62. The van der Waals surface area contributed by atoms with Crippen molar-refractivity contribution >= 4 is 28.3 Å². The van der Waals surface area contributed by atoms with E-state index in [1.807, 2.05) is 0 Å². The number of rotatable bonds is 1. The molecule has 0 saturated carbocycles. The molecule has 3 rings (SSSR count). The van der Waals surface area contributed by atoms with Crippen molar-refractivity contribution in [3.8, 4) is 0 Å². The largest absolute Gasteiger partial charge is 0.477 e. The number of halogens is 1. The summed E-state index contributed by atoms with van der Waals surface area (Å²) in [6.07, 6.45) is 1.25. The summed E-state index contributed by atoms with van der Waals surface area (Å²) in [6, 6.07) is 0.557. The van der Waals surface area contributed by atoms with Crippen LogP contribution in [0, 0.1) is 5.82 Å². The minimum atomic E-state index is -1.39. The van der Waals surface area contributed by atoms with E-state index in [1.165, 1.54) is 10.8 Å². The molecule has 0 radical (unpaired) electrons. The van der Waals surface area contributed by atoms with Crippen molar-refractivity contribution in [2.75, 3.05) is 5.73 Å². The minimum Gasteiger partial charge on any atom is -0.477 e. The lowest BCUT2D eigenvalue weighted by molar-refractivity contribution is 0.0694. The Morgan fingerprint density at radius 2 is 2.14 bits per heavy atom. The maximum atomic E-state index is 13.9. The van der Waals surface area contributed by atoms with Crippen LogP contribution in [0.25, 0.3) is 10.9 Å². The molecule has 3 N–H and O–H groups in total. The summed E-state index contributed by atoms with van der Waals surface area (Å²) in [6.45, 7) is 1.72. The van der Waals surface area contributed by atoms with Crippen LogP contribution in [0.3, 0.4) is 0 Å². The number of carboxylic acid groups (broad SMARTS) is 1. The van der Waals surface area contributed by atoms with Crippen molar-refractivity contribution in [3.63, 3.8) is 0 Å². The summed E-state index contributed by atoms with van der Waals surface area (Å²) in [4.78, 5) is 35.4. The summed E-state index contributed by atoms with van der Waals surface area (Å²) in [5.41, 5.74) is 4.18. The van der Waals surface area contributed by atoms with Crippen LogP contribution in [-0.2, 0) is 0 Å². The number of hydrogen-bond acceptors (Lipinski definition) is 4. The summed E-state index contributed by atoms with van der Waals surface area (Å²) in [5, 5.41) is 8.95. The fraction of sp³-hybridized carbons (Fsp3) is 0.214. The minimum absolute atomic E-state index is 0.0443. The van der Waals surface area contributed by atoms with Gasteiger partial charge in [0.05, 0.1) is 22.2 Å². The van der Waals surface area contributed by atoms with Crippen LogP contribution in [0.1, 0.15) is 40.1 Å². The molecule has 0 fully saturated rings. The summed E-state index contributed by atoms with van der Waals surface area (Å²) in [5.74, 6) is -2.65. The molecule has 1 atom stereocenters. The number of nitrogen functional groups attached to an aromatic ring is 1. The van der Waals surface area contributed by atoms with E-state index in [2.05, 4.69) is 0 Å². The van der Waals surface area contributed by atoms with Gasteiger partial charge in [-0.25, -0.2) is 9.18 Å². The molecule has 0 aliphatic carbocycles. The molecule has 1 aliphatic rings. The number of ketones is 1. The highest BCUT2D eigenvalue weighted by molar-refractivity contribution is 6.13. The van der Waals surface area contributed by atoms with Gasteiger partial charge in [-0.1, -0.05) is 0 Å². The number of nitrogens with two attached hydrogens (primary N) is 1. The van der Waals surface area contributed by atoms with Gasteiger partial charge < -0.3 is 15.4 Å². The first-order valence-electron chi connectivity index (χ1n) is 6.26. The van der Waals surface area contributed by atoms with Crippen molar-refractivity contribution in [1.82, 2.24) is 4.57 Å². The lowest BCUT2D eigenvalue weighted by atomic mass is 9.93. The van der Waals surface area contributed by atoms with Gasteiger partial charge in [0.15, 0.2) is 5.78 Å². The first-order valence-corrected chi connectivity index (χ1v) is 6.26. The molecule has 21 heavy (non-hydrogen) atoms. The van der Waals surface area contributed by atoms with E-state index in [-0.39, 0.29) is 40.4 Å². The molecule has 1 aliphatic heterocycles. The SMILES string of the molecule is CC1CC(=O)c2c(N)c(F)cc3c(=O)c(C(=O)O)cn1c23. The van der Waals surface area contributed by atoms with Crippen LogP contribution in [0.5, 0.6) is 0 Å². The Hall–Kier alpha value is -2.70. The Bertz CT molecular complexity index is 885. The fourth-order valence-electron chi connectivity index (χ4n) is 2.75. The third-order valence-electron chi connectivity index (χ3n) is 3.77. The van der Waals surface area contributed by atoms with E-state index >= 15 is 0 Å². The molecule has 0 bridgehead atoms. The zero-order valence-corrected chi connectivity index (χ0v) is 11.0.